The van der Waals surface area contributed by atoms with Crippen LogP contribution in [0.25, 0.3) is 10.1 Å². The van der Waals surface area contributed by atoms with Crippen molar-refractivity contribution in [2.24, 2.45) is 0 Å². The average molecular weight is 395 g/mol. The van der Waals surface area contributed by atoms with E-state index in [0.29, 0.717) is 23.0 Å². The molecule has 2 amide bonds. The summed E-state index contributed by atoms with van der Waals surface area (Å²) in [6, 6.07) is 7.43. The van der Waals surface area contributed by atoms with Crippen LogP contribution in [0.5, 0.6) is 0 Å². The summed E-state index contributed by atoms with van der Waals surface area (Å²) in [6.45, 7) is 2.62. The standard InChI is InChI=1S/C18H19ClN2O4S/c1-11(18(24)21-8-4-5-9-21)25-14(22)10-20-17(23)16-15(19)12-6-2-3-7-13(12)26-16/h2-3,6-7,11H,4-5,8-10H2,1H3,(H,20,23)/t11-/m0/s1. The van der Waals surface area contributed by atoms with Crippen molar-refractivity contribution in [3.05, 3.63) is 34.2 Å². The first kappa shape index (κ1) is 18.7. The fraction of sp³-hybridized carbons (Fsp3) is 0.389. The Labute approximate surface area is 160 Å². The molecule has 0 bridgehead atoms. The number of halogens is 1. The van der Waals surface area contributed by atoms with Crippen molar-refractivity contribution < 1.29 is 19.1 Å². The van der Waals surface area contributed by atoms with Crippen LogP contribution < -0.4 is 5.32 Å². The molecule has 1 fully saturated rings. The van der Waals surface area contributed by atoms with Crippen molar-refractivity contribution in [3.8, 4) is 0 Å². The molecule has 1 aromatic heterocycles. The second-order valence-electron chi connectivity index (χ2n) is 6.09. The lowest BCUT2D eigenvalue weighted by atomic mass is 10.2. The summed E-state index contributed by atoms with van der Waals surface area (Å²) in [4.78, 5) is 38.4. The largest absolute Gasteiger partial charge is 0.451 e. The third kappa shape index (κ3) is 3.99. The highest BCUT2D eigenvalue weighted by atomic mass is 35.5. The number of carbonyl (C=O) groups is 3. The SMILES string of the molecule is C[C@H](OC(=O)CNC(=O)c1sc2ccccc2c1Cl)C(=O)N1CCCC1. The lowest BCUT2D eigenvalue weighted by Gasteiger charge is -2.20. The lowest BCUT2D eigenvalue weighted by molar-refractivity contribution is -0.157. The molecule has 3 rings (SSSR count). The zero-order valence-corrected chi connectivity index (χ0v) is 15.9. The highest BCUT2D eigenvalue weighted by Crippen LogP contribution is 2.34. The molecule has 8 heteroatoms. The van der Waals surface area contributed by atoms with E-state index in [1.165, 1.54) is 11.3 Å². The highest BCUT2D eigenvalue weighted by Gasteiger charge is 2.26. The monoisotopic (exact) mass is 394 g/mol. The van der Waals surface area contributed by atoms with E-state index in [2.05, 4.69) is 5.32 Å². The Morgan fingerprint density at radius 3 is 2.65 bits per heavy atom. The number of hydrogen-bond acceptors (Lipinski definition) is 5. The summed E-state index contributed by atoms with van der Waals surface area (Å²) >= 11 is 7.51. The third-order valence-corrected chi connectivity index (χ3v) is 5.88. The molecule has 0 unspecified atom stereocenters. The first-order valence-electron chi connectivity index (χ1n) is 8.41. The van der Waals surface area contributed by atoms with E-state index in [-0.39, 0.29) is 12.5 Å². The molecule has 0 saturated carbocycles. The average Bonchev–Trinajstić information content (AvgIpc) is 3.28. The number of carbonyl (C=O) groups excluding carboxylic acids is 3. The van der Waals surface area contributed by atoms with Crippen molar-refractivity contribution in [3.63, 3.8) is 0 Å². The van der Waals surface area contributed by atoms with E-state index in [9.17, 15) is 14.4 Å². The Morgan fingerprint density at radius 1 is 1.27 bits per heavy atom. The summed E-state index contributed by atoms with van der Waals surface area (Å²) in [5.74, 6) is -1.29. The zero-order chi connectivity index (χ0) is 18.7. The predicted octanol–water partition coefficient (Wildman–Crippen LogP) is 2.84. The molecule has 1 aliphatic heterocycles. The van der Waals surface area contributed by atoms with Gasteiger partial charge in [-0.05, 0) is 25.8 Å². The number of rotatable bonds is 5. The smallest absolute Gasteiger partial charge is 0.326 e. The third-order valence-electron chi connectivity index (χ3n) is 4.21. The fourth-order valence-corrected chi connectivity index (χ4v) is 4.31. The number of esters is 1. The van der Waals surface area contributed by atoms with Gasteiger partial charge in [-0.3, -0.25) is 14.4 Å². The van der Waals surface area contributed by atoms with Crippen LogP contribution in [0.3, 0.4) is 0 Å². The Morgan fingerprint density at radius 2 is 1.96 bits per heavy atom. The number of ether oxygens (including phenoxy) is 1. The van der Waals surface area contributed by atoms with E-state index >= 15 is 0 Å². The van der Waals surface area contributed by atoms with Gasteiger partial charge in [-0.1, -0.05) is 29.8 Å². The molecule has 1 aromatic carbocycles. The van der Waals surface area contributed by atoms with E-state index in [1.807, 2.05) is 24.3 Å². The van der Waals surface area contributed by atoms with E-state index in [1.54, 1.807) is 11.8 Å². The zero-order valence-electron chi connectivity index (χ0n) is 14.3. The molecule has 6 nitrogen and oxygen atoms in total. The normalized spacial score (nSPS) is 15.1. The van der Waals surface area contributed by atoms with Crippen LogP contribution in [0, 0.1) is 0 Å². The van der Waals surface area contributed by atoms with Crippen molar-refractivity contribution >= 4 is 50.8 Å². The molecule has 2 aromatic rings. The second kappa shape index (κ2) is 8.05. The molecule has 0 radical (unpaired) electrons. The molecular formula is C18H19ClN2O4S. The Kier molecular flexibility index (Phi) is 5.78. The van der Waals surface area contributed by atoms with Gasteiger partial charge < -0.3 is 15.0 Å². The van der Waals surface area contributed by atoms with Gasteiger partial charge in [0.15, 0.2) is 6.10 Å². The van der Waals surface area contributed by atoms with Crippen LogP contribution >= 0.6 is 22.9 Å². The van der Waals surface area contributed by atoms with E-state index in [4.69, 9.17) is 16.3 Å². The second-order valence-corrected chi connectivity index (χ2v) is 7.52. The van der Waals surface area contributed by atoms with Crippen LogP contribution in [0.2, 0.25) is 5.02 Å². The van der Waals surface area contributed by atoms with Crippen molar-refractivity contribution in [2.45, 2.75) is 25.9 Å². The number of fused-ring (bicyclic) bond motifs is 1. The summed E-state index contributed by atoms with van der Waals surface area (Å²) in [5.41, 5.74) is 0. The van der Waals surface area contributed by atoms with Crippen LogP contribution in [0.15, 0.2) is 24.3 Å². The van der Waals surface area contributed by atoms with Crippen molar-refractivity contribution in [1.82, 2.24) is 10.2 Å². The first-order valence-corrected chi connectivity index (χ1v) is 9.60. The van der Waals surface area contributed by atoms with Crippen LogP contribution in [-0.4, -0.2) is 48.4 Å². The van der Waals surface area contributed by atoms with Gasteiger partial charge in [0.2, 0.25) is 0 Å². The maximum absolute atomic E-state index is 12.3. The minimum atomic E-state index is -0.856. The first-order chi connectivity index (χ1) is 12.5. The number of nitrogens with one attached hydrogen (secondary N) is 1. The number of thiophene rings is 1. The van der Waals surface area contributed by atoms with Crippen LogP contribution in [0.4, 0.5) is 0 Å². The summed E-state index contributed by atoms with van der Waals surface area (Å²) in [5, 5.41) is 3.67. The Balaban J connectivity index is 1.54. The minimum absolute atomic E-state index is 0.199. The number of nitrogens with zero attached hydrogens (tertiary/aromatic N) is 1. The molecule has 2 heterocycles. The van der Waals surface area contributed by atoms with Gasteiger partial charge >= 0.3 is 5.97 Å². The van der Waals surface area contributed by atoms with Gasteiger partial charge in [-0.15, -0.1) is 11.3 Å². The maximum Gasteiger partial charge on any atom is 0.326 e. The highest BCUT2D eigenvalue weighted by molar-refractivity contribution is 7.21. The maximum atomic E-state index is 12.3. The van der Waals surface area contributed by atoms with Gasteiger partial charge in [0.1, 0.15) is 11.4 Å². The molecule has 1 N–H and O–H groups in total. The molecule has 1 atom stereocenters. The van der Waals surface area contributed by atoms with E-state index in [0.717, 1.165) is 22.9 Å². The molecule has 0 spiro atoms. The molecule has 138 valence electrons. The lowest BCUT2D eigenvalue weighted by Crippen LogP contribution is -2.40. The fourth-order valence-electron chi connectivity index (χ4n) is 2.88. The quantitative estimate of drug-likeness (QED) is 0.791. The van der Waals surface area contributed by atoms with E-state index < -0.39 is 18.0 Å². The molecule has 0 aliphatic carbocycles. The Bertz CT molecular complexity index is 845. The summed E-state index contributed by atoms with van der Waals surface area (Å²) < 4.78 is 6.02. The number of hydrogen-bond donors (Lipinski definition) is 1. The number of benzene rings is 1. The van der Waals surface area contributed by atoms with Crippen molar-refractivity contribution in [1.29, 1.82) is 0 Å². The molecule has 26 heavy (non-hydrogen) atoms. The van der Waals surface area contributed by atoms with Gasteiger partial charge in [0.05, 0.1) is 5.02 Å². The minimum Gasteiger partial charge on any atom is -0.451 e. The molecular weight excluding hydrogens is 376 g/mol. The van der Waals surface area contributed by atoms with Gasteiger partial charge in [0, 0.05) is 23.2 Å². The number of likely N-dealkylation sites (tertiary alicyclic amines) is 1. The van der Waals surface area contributed by atoms with Gasteiger partial charge in [0.25, 0.3) is 11.8 Å². The number of amides is 2. The van der Waals surface area contributed by atoms with Crippen LogP contribution in [0.1, 0.15) is 29.4 Å². The summed E-state index contributed by atoms with van der Waals surface area (Å²) in [6.07, 6.45) is 1.09. The predicted molar refractivity (Wildman–Crippen MR) is 101 cm³/mol. The van der Waals surface area contributed by atoms with Gasteiger partial charge in [-0.2, -0.15) is 0 Å². The summed E-state index contributed by atoms with van der Waals surface area (Å²) in [7, 11) is 0. The molecule has 1 aliphatic rings. The topological polar surface area (TPSA) is 75.7 Å². The van der Waals surface area contributed by atoms with Crippen LogP contribution in [-0.2, 0) is 14.3 Å². The Hall–Kier alpha value is -2.12. The van der Waals surface area contributed by atoms with Crippen molar-refractivity contribution in [2.75, 3.05) is 19.6 Å². The molecule has 1 saturated heterocycles. The van der Waals surface area contributed by atoms with Gasteiger partial charge in [-0.25, -0.2) is 0 Å².